The predicted molar refractivity (Wildman–Crippen MR) is 73.7 cm³/mol. The van der Waals surface area contributed by atoms with E-state index < -0.39 is 0 Å². The van der Waals surface area contributed by atoms with Crippen LogP contribution in [0.5, 0.6) is 0 Å². The number of anilines is 2. The number of rotatable bonds is 3. The van der Waals surface area contributed by atoms with Crippen molar-refractivity contribution in [1.29, 1.82) is 0 Å². The average Bonchev–Trinajstić information content (AvgIpc) is 2.69. The van der Waals surface area contributed by atoms with E-state index in [0.717, 1.165) is 5.76 Å². The summed E-state index contributed by atoms with van der Waals surface area (Å²) >= 11 is 0. The molecule has 18 heavy (non-hydrogen) atoms. The maximum Gasteiger partial charge on any atom is 0.167 e. The van der Waals surface area contributed by atoms with Crippen molar-refractivity contribution in [2.75, 3.05) is 17.7 Å². The van der Waals surface area contributed by atoms with E-state index in [1.807, 2.05) is 7.05 Å². The van der Waals surface area contributed by atoms with Crippen molar-refractivity contribution in [3.63, 3.8) is 0 Å². The molecule has 0 saturated carbocycles. The monoisotopic (exact) mass is 245 g/mol. The largest absolute Gasteiger partial charge is 0.381 e. The summed E-state index contributed by atoms with van der Waals surface area (Å²) in [6.07, 6.45) is 0. The molecule has 0 aliphatic heterocycles. The summed E-state index contributed by atoms with van der Waals surface area (Å²) in [6, 6.07) is 6.16. The third kappa shape index (κ3) is 2.47. The molecule has 0 aliphatic rings. The van der Waals surface area contributed by atoms with Crippen LogP contribution in [0.1, 0.15) is 22.5 Å². The zero-order valence-electron chi connectivity index (χ0n) is 11.3. The second kappa shape index (κ2) is 4.72. The Bertz CT molecular complexity index is 560. The summed E-state index contributed by atoms with van der Waals surface area (Å²) < 4.78 is 5.13. The summed E-state index contributed by atoms with van der Waals surface area (Å²) in [4.78, 5) is 2.14. The van der Waals surface area contributed by atoms with E-state index in [-0.39, 0.29) is 0 Å². The van der Waals surface area contributed by atoms with Gasteiger partial charge in [0.05, 0.1) is 6.54 Å². The lowest BCUT2D eigenvalue weighted by atomic mass is 10.0. The zero-order valence-corrected chi connectivity index (χ0v) is 11.3. The van der Waals surface area contributed by atoms with Gasteiger partial charge in [0, 0.05) is 18.8 Å². The van der Waals surface area contributed by atoms with Crippen LogP contribution in [0.25, 0.3) is 0 Å². The first-order valence-corrected chi connectivity index (χ1v) is 5.97. The lowest BCUT2D eigenvalue weighted by molar-refractivity contribution is 0.385. The molecule has 0 unspecified atom stereocenters. The maximum absolute atomic E-state index is 5.54. The molecule has 1 heterocycles. The molecular formula is C14H19N3O. The van der Waals surface area contributed by atoms with E-state index in [0.29, 0.717) is 12.4 Å². The minimum atomic E-state index is 0.426. The molecule has 0 saturated heterocycles. The van der Waals surface area contributed by atoms with Crippen molar-refractivity contribution >= 4 is 11.5 Å². The van der Waals surface area contributed by atoms with Crippen molar-refractivity contribution in [1.82, 2.24) is 5.16 Å². The molecule has 0 aliphatic carbocycles. The van der Waals surface area contributed by atoms with Gasteiger partial charge in [0.1, 0.15) is 0 Å². The molecule has 4 heteroatoms. The zero-order chi connectivity index (χ0) is 13.3. The van der Waals surface area contributed by atoms with Crippen LogP contribution >= 0.6 is 0 Å². The molecule has 0 bridgehead atoms. The molecule has 0 amide bonds. The standard InChI is InChI=1S/C14H19N3O/c1-9-5-11(3)13(6-10(9)2)17(4)8-12-7-14(15)16-18-12/h5-7H,8H2,1-4H3,(H2,15,16). The molecule has 0 spiro atoms. The highest BCUT2D eigenvalue weighted by Crippen LogP contribution is 2.24. The van der Waals surface area contributed by atoms with E-state index in [1.165, 1.54) is 22.4 Å². The number of hydrogen-bond acceptors (Lipinski definition) is 4. The van der Waals surface area contributed by atoms with Crippen LogP contribution in [0.15, 0.2) is 22.7 Å². The fraction of sp³-hybridized carbons (Fsp3) is 0.357. The van der Waals surface area contributed by atoms with Gasteiger partial charge in [-0.05, 0) is 43.5 Å². The molecular weight excluding hydrogens is 226 g/mol. The SMILES string of the molecule is Cc1cc(C)c(N(C)Cc2cc(N)no2)cc1C. The Morgan fingerprint density at radius 3 is 2.39 bits per heavy atom. The van der Waals surface area contributed by atoms with Gasteiger partial charge in [-0.25, -0.2) is 0 Å². The smallest absolute Gasteiger partial charge is 0.167 e. The van der Waals surface area contributed by atoms with Gasteiger partial charge in [0.15, 0.2) is 11.6 Å². The van der Waals surface area contributed by atoms with Crippen LogP contribution in [-0.2, 0) is 6.54 Å². The van der Waals surface area contributed by atoms with Crippen LogP contribution in [0.2, 0.25) is 0 Å². The quantitative estimate of drug-likeness (QED) is 0.903. The van der Waals surface area contributed by atoms with Gasteiger partial charge in [0.2, 0.25) is 0 Å². The molecule has 0 radical (unpaired) electrons. The second-order valence-corrected chi connectivity index (χ2v) is 4.80. The molecule has 96 valence electrons. The fourth-order valence-electron chi connectivity index (χ4n) is 2.08. The Hall–Kier alpha value is -1.97. The third-order valence-electron chi connectivity index (χ3n) is 3.19. The van der Waals surface area contributed by atoms with Gasteiger partial charge in [-0.2, -0.15) is 0 Å². The van der Waals surface area contributed by atoms with Gasteiger partial charge in [-0.15, -0.1) is 0 Å². The van der Waals surface area contributed by atoms with Gasteiger partial charge in [0.25, 0.3) is 0 Å². The minimum absolute atomic E-state index is 0.426. The fourth-order valence-corrected chi connectivity index (χ4v) is 2.08. The molecule has 1 aromatic heterocycles. The number of nitrogens with two attached hydrogens (primary N) is 1. The van der Waals surface area contributed by atoms with Crippen LogP contribution in [-0.4, -0.2) is 12.2 Å². The van der Waals surface area contributed by atoms with Gasteiger partial charge in [-0.1, -0.05) is 11.2 Å². The molecule has 0 atom stereocenters. The van der Waals surface area contributed by atoms with E-state index in [4.69, 9.17) is 10.3 Å². The van der Waals surface area contributed by atoms with Crippen molar-refractivity contribution < 1.29 is 4.52 Å². The van der Waals surface area contributed by atoms with Gasteiger partial charge < -0.3 is 15.2 Å². The van der Waals surface area contributed by atoms with Crippen molar-refractivity contribution in [2.45, 2.75) is 27.3 Å². The number of aromatic nitrogens is 1. The third-order valence-corrected chi connectivity index (χ3v) is 3.19. The van der Waals surface area contributed by atoms with Gasteiger partial charge >= 0.3 is 0 Å². The lowest BCUT2D eigenvalue weighted by Crippen LogP contribution is -2.17. The van der Waals surface area contributed by atoms with E-state index in [2.05, 4.69) is 43.0 Å². The Kier molecular flexibility index (Phi) is 3.28. The highest BCUT2D eigenvalue weighted by Gasteiger charge is 2.10. The van der Waals surface area contributed by atoms with Crippen molar-refractivity contribution in [3.8, 4) is 0 Å². The van der Waals surface area contributed by atoms with Crippen LogP contribution in [0.3, 0.4) is 0 Å². The Labute approximate surface area is 107 Å². The summed E-state index contributed by atoms with van der Waals surface area (Å²) in [7, 11) is 2.04. The Morgan fingerprint density at radius 2 is 1.78 bits per heavy atom. The molecule has 4 nitrogen and oxygen atoms in total. The average molecular weight is 245 g/mol. The number of aryl methyl sites for hydroxylation is 3. The number of nitrogen functional groups attached to an aromatic ring is 1. The highest BCUT2D eigenvalue weighted by atomic mass is 16.5. The first kappa shape index (κ1) is 12.5. The second-order valence-electron chi connectivity index (χ2n) is 4.80. The van der Waals surface area contributed by atoms with Crippen LogP contribution in [0, 0.1) is 20.8 Å². The van der Waals surface area contributed by atoms with E-state index in [1.54, 1.807) is 6.07 Å². The summed E-state index contributed by atoms with van der Waals surface area (Å²) in [6.45, 7) is 7.03. The predicted octanol–water partition coefficient (Wildman–Crippen LogP) is 2.82. The normalized spacial score (nSPS) is 10.7. The summed E-state index contributed by atoms with van der Waals surface area (Å²) in [5.74, 6) is 1.20. The maximum atomic E-state index is 5.54. The first-order chi connectivity index (χ1) is 8.47. The Morgan fingerprint density at radius 1 is 1.11 bits per heavy atom. The summed E-state index contributed by atoms with van der Waals surface area (Å²) in [5.41, 5.74) is 10.6. The molecule has 0 fully saturated rings. The lowest BCUT2D eigenvalue weighted by Gasteiger charge is -2.21. The Balaban J connectivity index is 2.23. The van der Waals surface area contributed by atoms with E-state index >= 15 is 0 Å². The molecule has 1 aromatic carbocycles. The minimum Gasteiger partial charge on any atom is -0.381 e. The number of benzene rings is 1. The summed E-state index contributed by atoms with van der Waals surface area (Å²) in [5, 5.41) is 3.69. The first-order valence-electron chi connectivity index (χ1n) is 5.97. The van der Waals surface area contributed by atoms with Crippen molar-refractivity contribution in [2.24, 2.45) is 0 Å². The number of nitrogens with zero attached hydrogens (tertiary/aromatic N) is 2. The van der Waals surface area contributed by atoms with Crippen LogP contribution in [0.4, 0.5) is 11.5 Å². The topological polar surface area (TPSA) is 55.3 Å². The van der Waals surface area contributed by atoms with E-state index in [9.17, 15) is 0 Å². The highest BCUT2D eigenvalue weighted by molar-refractivity contribution is 5.56. The molecule has 2 N–H and O–H groups in total. The van der Waals surface area contributed by atoms with Crippen LogP contribution < -0.4 is 10.6 Å². The van der Waals surface area contributed by atoms with Gasteiger partial charge in [-0.3, -0.25) is 0 Å². The molecule has 2 rings (SSSR count). The molecule has 2 aromatic rings. The number of hydrogen-bond donors (Lipinski definition) is 1. The van der Waals surface area contributed by atoms with Crippen molar-refractivity contribution in [3.05, 3.63) is 40.6 Å².